The molecule has 1 aromatic carbocycles. The van der Waals surface area contributed by atoms with Crippen molar-refractivity contribution in [3.63, 3.8) is 0 Å². The molecule has 0 aliphatic rings. The van der Waals surface area contributed by atoms with Crippen molar-refractivity contribution >= 4 is 11.9 Å². The Morgan fingerprint density at radius 2 is 1.86 bits per heavy atom. The van der Waals surface area contributed by atoms with E-state index in [1.807, 2.05) is 24.3 Å². The van der Waals surface area contributed by atoms with Crippen LogP contribution in [0, 0.1) is 5.92 Å². The van der Waals surface area contributed by atoms with Crippen molar-refractivity contribution in [2.24, 2.45) is 5.92 Å². The lowest BCUT2D eigenvalue weighted by Gasteiger charge is -2.19. The molecule has 1 aromatic rings. The Kier molecular flexibility index (Phi) is 6.89. The third kappa shape index (κ3) is 5.06. The fourth-order valence-corrected chi connectivity index (χ4v) is 2.11. The van der Waals surface area contributed by atoms with Crippen molar-refractivity contribution in [3.05, 3.63) is 29.8 Å². The number of hydrogen-bond donors (Lipinski definition) is 2. The van der Waals surface area contributed by atoms with Gasteiger partial charge in [0.15, 0.2) is 6.61 Å². The highest BCUT2D eigenvalue weighted by Gasteiger charge is 2.23. The quantitative estimate of drug-likeness (QED) is 0.774. The molecule has 0 aromatic heterocycles. The van der Waals surface area contributed by atoms with Crippen LogP contribution in [-0.4, -0.2) is 29.6 Å². The molecule has 2 atom stereocenters. The lowest BCUT2D eigenvalue weighted by molar-refractivity contribution is -0.143. The summed E-state index contributed by atoms with van der Waals surface area (Å²) in [6.07, 6.45) is 0.973. The number of carboxylic acids is 1. The third-order valence-corrected chi connectivity index (χ3v) is 3.67. The lowest BCUT2D eigenvalue weighted by atomic mass is 9.98. The summed E-state index contributed by atoms with van der Waals surface area (Å²) >= 11 is 0. The summed E-state index contributed by atoms with van der Waals surface area (Å²) in [6, 6.07) is 6.70. The third-order valence-electron chi connectivity index (χ3n) is 3.67. The smallest absolute Gasteiger partial charge is 0.326 e. The van der Waals surface area contributed by atoms with Gasteiger partial charge in [-0.05, 0) is 29.9 Å². The molecule has 1 unspecified atom stereocenters. The van der Waals surface area contributed by atoms with E-state index >= 15 is 0 Å². The zero-order valence-electron chi connectivity index (χ0n) is 13.6. The van der Waals surface area contributed by atoms with E-state index in [1.165, 1.54) is 0 Å². The topological polar surface area (TPSA) is 75.6 Å². The van der Waals surface area contributed by atoms with Gasteiger partial charge in [0, 0.05) is 0 Å². The highest BCUT2D eigenvalue weighted by atomic mass is 16.5. The minimum Gasteiger partial charge on any atom is -0.483 e. The van der Waals surface area contributed by atoms with Gasteiger partial charge in [0.05, 0.1) is 0 Å². The molecule has 0 aliphatic heterocycles. The summed E-state index contributed by atoms with van der Waals surface area (Å²) in [5, 5.41) is 11.6. The molecule has 2 N–H and O–H groups in total. The first-order chi connectivity index (χ1) is 10.4. The van der Waals surface area contributed by atoms with E-state index < -0.39 is 17.9 Å². The zero-order chi connectivity index (χ0) is 16.7. The molecular weight excluding hydrogens is 282 g/mol. The Labute approximate surface area is 131 Å². The molecule has 0 aliphatic carbocycles. The van der Waals surface area contributed by atoms with Gasteiger partial charge < -0.3 is 15.2 Å². The van der Waals surface area contributed by atoms with Gasteiger partial charge in [0.25, 0.3) is 5.91 Å². The van der Waals surface area contributed by atoms with E-state index in [0.29, 0.717) is 11.7 Å². The second kappa shape index (κ2) is 8.41. The molecule has 0 saturated carbocycles. The van der Waals surface area contributed by atoms with Gasteiger partial charge in [-0.1, -0.05) is 45.9 Å². The SMILES string of the molecule is CCC(C)c1ccccc1OCC(=O)N[C@@H](C(=O)O)C(C)C. The average Bonchev–Trinajstić information content (AvgIpc) is 2.49. The Hall–Kier alpha value is -2.04. The summed E-state index contributed by atoms with van der Waals surface area (Å²) < 4.78 is 5.58. The molecule has 5 heteroatoms. The van der Waals surface area contributed by atoms with Gasteiger partial charge in [-0.25, -0.2) is 4.79 Å². The number of aliphatic carboxylic acids is 1. The number of ether oxygens (including phenoxy) is 1. The molecular formula is C17H25NO4. The van der Waals surface area contributed by atoms with E-state index in [-0.39, 0.29) is 12.5 Å². The molecule has 1 rings (SSSR count). The Morgan fingerprint density at radius 1 is 1.23 bits per heavy atom. The van der Waals surface area contributed by atoms with Crippen LogP contribution in [0.1, 0.15) is 45.6 Å². The first-order valence-corrected chi connectivity index (χ1v) is 7.60. The van der Waals surface area contributed by atoms with E-state index in [1.54, 1.807) is 13.8 Å². The average molecular weight is 307 g/mol. The maximum Gasteiger partial charge on any atom is 0.326 e. The van der Waals surface area contributed by atoms with Gasteiger partial charge in [-0.3, -0.25) is 4.79 Å². The van der Waals surface area contributed by atoms with Crippen molar-refractivity contribution in [1.82, 2.24) is 5.32 Å². The predicted molar refractivity (Wildman–Crippen MR) is 85.0 cm³/mol. The number of hydrogen-bond acceptors (Lipinski definition) is 3. The van der Waals surface area contributed by atoms with Crippen LogP contribution < -0.4 is 10.1 Å². The number of amides is 1. The summed E-state index contributed by atoms with van der Waals surface area (Å²) in [5.41, 5.74) is 1.05. The molecule has 0 radical (unpaired) electrons. The van der Waals surface area contributed by atoms with Gasteiger partial charge >= 0.3 is 5.97 Å². The minimum atomic E-state index is -1.04. The van der Waals surface area contributed by atoms with Crippen LogP contribution in [0.25, 0.3) is 0 Å². The van der Waals surface area contributed by atoms with Crippen molar-refractivity contribution in [3.8, 4) is 5.75 Å². The van der Waals surface area contributed by atoms with Crippen molar-refractivity contribution in [2.75, 3.05) is 6.61 Å². The summed E-state index contributed by atoms with van der Waals surface area (Å²) in [6.45, 7) is 7.50. The van der Waals surface area contributed by atoms with E-state index in [0.717, 1.165) is 12.0 Å². The predicted octanol–water partition coefficient (Wildman–Crippen LogP) is 2.80. The standard InChI is InChI=1S/C17H25NO4/c1-5-12(4)13-8-6-7-9-14(13)22-10-15(19)18-16(11(2)3)17(20)21/h6-9,11-12,16H,5,10H2,1-4H3,(H,18,19)(H,20,21)/t12?,16-/m1/s1. The fourth-order valence-electron chi connectivity index (χ4n) is 2.11. The first-order valence-electron chi connectivity index (χ1n) is 7.60. The van der Waals surface area contributed by atoms with Crippen LogP contribution in [0.4, 0.5) is 0 Å². The molecule has 1 amide bonds. The Balaban J connectivity index is 2.67. The fraction of sp³-hybridized carbons (Fsp3) is 0.529. The molecule has 0 saturated heterocycles. The number of rotatable bonds is 8. The highest BCUT2D eigenvalue weighted by Crippen LogP contribution is 2.28. The molecule has 22 heavy (non-hydrogen) atoms. The van der Waals surface area contributed by atoms with Crippen molar-refractivity contribution in [2.45, 2.75) is 46.1 Å². The van der Waals surface area contributed by atoms with Gasteiger partial charge in [-0.15, -0.1) is 0 Å². The molecule has 0 spiro atoms. The van der Waals surface area contributed by atoms with Gasteiger partial charge in [-0.2, -0.15) is 0 Å². The van der Waals surface area contributed by atoms with E-state index in [2.05, 4.69) is 19.2 Å². The summed E-state index contributed by atoms with van der Waals surface area (Å²) in [4.78, 5) is 23.0. The van der Waals surface area contributed by atoms with Crippen LogP contribution in [0.2, 0.25) is 0 Å². The molecule has 0 bridgehead atoms. The van der Waals surface area contributed by atoms with Crippen molar-refractivity contribution in [1.29, 1.82) is 0 Å². The zero-order valence-corrected chi connectivity index (χ0v) is 13.6. The van der Waals surface area contributed by atoms with Gasteiger partial charge in [0.1, 0.15) is 11.8 Å². The number of carbonyl (C=O) groups is 2. The number of nitrogens with one attached hydrogen (secondary N) is 1. The molecule has 0 fully saturated rings. The van der Waals surface area contributed by atoms with E-state index in [4.69, 9.17) is 9.84 Å². The lowest BCUT2D eigenvalue weighted by Crippen LogP contribution is -2.46. The first kappa shape index (κ1) is 18.0. The Morgan fingerprint density at radius 3 is 2.41 bits per heavy atom. The van der Waals surface area contributed by atoms with Crippen LogP contribution in [0.3, 0.4) is 0 Å². The van der Waals surface area contributed by atoms with Crippen molar-refractivity contribution < 1.29 is 19.4 Å². The molecule has 122 valence electrons. The maximum absolute atomic E-state index is 11.9. The number of carboxylic acid groups (broad SMARTS) is 1. The maximum atomic E-state index is 11.9. The number of benzene rings is 1. The van der Waals surface area contributed by atoms with Crippen LogP contribution >= 0.6 is 0 Å². The summed E-state index contributed by atoms with van der Waals surface area (Å²) in [7, 11) is 0. The monoisotopic (exact) mass is 307 g/mol. The molecule has 0 heterocycles. The van der Waals surface area contributed by atoms with Gasteiger partial charge in [0.2, 0.25) is 0 Å². The van der Waals surface area contributed by atoms with E-state index in [9.17, 15) is 9.59 Å². The second-order valence-electron chi connectivity index (χ2n) is 5.76. The summed E-state index contributed by atoms with van der Waals surface area (Å²) in [5.74, 6) is -0.651. The van der Waals surface area contributed by atoms with Crippen LogP contribution in [-0.2, 0) is 9.59 Å². The second-order valence-corrected chi connectivity index (χ2v) is 5.76. The molecule has 5 nitrogen and oxygen atoms in total. The number of para-hydroxylation sites is 1. The largest absolute Gasteiger partial charge is 0.483 e. The van der Waals surface area contributed by atoms with Crippen LogP contribution in [0.5, 0.6) is 5.75 Å². The number of carbonyl (C=O) groups excluding carboxylic acids is 1. The minimum absolute atomic E-state index is 0.186. The normalized spacial score (nSPS) is 13.5. The Bertz CT molecular complexity index is 513. The van der Waals surface area contributed by atoms with Crippen LogP contribution in [0.15, 0.2) is 24.3 Å². The highest BCUT2D eigenvalue weighted by molar-refractivity contribution is 5.84.